The molecule has 139 valence electrons. The molecule has 1 amide bonds. The van der Waals surface area contributed by atoms with Crippen LogP contribution in [-0.2, 0) is 31.4 Å². The van der Waals surface area contributed by atoms with E-state index >= 15 is 0 Å². The number of rotatable bonds is 4. The molecule has 3 heterocycles. The Kier molecular flexibility index (Phi) is 4.43. The van der Waals surface area contributed by atoms with Gasteiger partial charge in [0.1, 0.15) is 0 Å². The van der Waals surface area contributed by atoms with Gasteiger partial charge < -0.3 is 10.2 Å². The van der Waals surface area contributed by atoms with Gasteiger partial charge in [-0.25, -0.2) is 0 Å². The monoisotopic (exact) mass is 363 g/mol. The Labute approximate surface area is 158 Å². The molecule has 0 bridgehead atoms. The molecule has 2 aromatic heterocycles. The van der Waals surface area contributed by atoms with Crippen LogP contribution in [0.15, 0.2) is 36.7 Å². The fourth-order valence-corrected chi connectivity index (χ4v) is 3.48. The molecule has 7 heteroatoms. The van der Waals surface area contributed by atoms with Crippen LogP contribution in [0.5, 0.6) is 0 Å². The molecule has 0 atom stereocenters. The predicted molar refractivity (Wildman–Crippen MR) is 104 cm³/mol. The van der Waals surface area contributed by atoms with Crippen molar-refractivity contribution in [1.29, 1.82) is 0 Å². The lowest BCUT2D eigenvalue weighted by Gasteiger charge is -2.26. The smallest absolute Gasteiger partial charge is 0.219 e. The third-order valence-corrected chi connectivity index (χ3v) is 5.03. The van der Waals surface area contributed by atoms with Gasteiger partial charge in [-0.05, 0) is 24.6 Å². The maximum Gasteiger partial charge on any atom is 0.219 e. The molecule has 1 N–H and O–H groups in total. The predicted octanol–water partition coefficient (Wildman–Crippen LogP) is 2.77. The van der Waals surface area contributed by atoms with Crippen LogP contribution in [-0.4, -0.2) is 36.9 Å². The number of anilines is 2. The number of hydrogen-bond donors (Lipinski definition) is 1. The van der Waals surface area contributed by atoms with Crippen molar-refractivity contribution in [3.05, 3.63) is 54.8 Å². The molecule has 3 aromatic rings. The van der Waals surface area contributed by atoms with E-state index in [4.69, 9.17) is 0 Å². The lowest BCUT2D eigenvalue weighted by molar-refractivity contribution is -0.129. The Morgan fingerprint density at radius 1 is 1.26 bits per heavy atom. The average molecular weight is 363 g/mol. The normalized spacial score (nSPS) is 13.5. The number of benzene rings is 1. The number of amides is 1. The molecule has 7 nitrogen and oxygen atoms in total. The first kappa shape index (κ1) is 17.3. The van der Waals surface area contributed by atoms with E-state index in [1.54, 1.807) is 6.92 Å². The summed E-state index contributed by atoms with van der Waals surface area (Å²) in [6, 6.07) is 8.18. The van der Waals surface area contributed by atoms with E-state index in [9.17, 15) is 4.79 Å². The summed E-state index contributed by atoms with van der Waals surface area (Å²) in [4.78, 5) is 13.6. The van der Waals surface area contributed by atoms with Gasteiger partial charge in [-0.1, -0.05) is 12.1 Å². The summed E-state index contributed by atoms with van der Waals surface area (Å²) in [5, 5.41) is 12.3. The fourth-order valence-electron chi connectivity index (χ4n) is 3.48. The largest absolute Gasteiger partial charge is 0.338 e. The molecule has 1 radical (unpaired) electrons. The molecule has 0 spiro atoms. The lowest BCUT2D eigenvalue weighted by Crippen LogP contribution is -2.34. The molecule has 27 heavy (non-hydrogen) atoms. The van der Waals surface area contributed by atoms with Gasteiger partial charge in [-0.3, -0.25) is 14.2 Å². The van der Waals surface area contributed by atoms with Gasteiger partial charge >= 0.3 is 0 Å². The molecule has 0 unspecified atom stereocenters. The first-order valence-electron chi connectivity index (χ1n) is 9.04. The molecule has 1 aliphatic heterocycles. The summed E-state index contributed by atoms with van der Waals surface area (Å²) >= 11 is 0. The van der Waals surface area contributed by atoms with Crippen LogP contribution in [0.2, 0.25) is 0 Å². The van der Waals surface area contributed by atoms with Crippen LogP contribution >= 0.6 is 0 Å². The van der Waals surface area contributed by atoms with E-state index in [0.717, 1.165) is 41.2 Å². The quantitative estimate of drug-likeness (QED) is 0.774. The Balaban J connectivity index is 1.55. The van der Waals surface area contributed by atoms with Crippen molar-refractivity contribution >= 4 is 17.4 Å². The van der Waals surface area contributed by atoms with Crippen molar-refractivity contribution in [2.75, 3.05) is 11.9 Å². The van der Waals surface area contributed by atoms with E-state index in [-0.39, 0.29) is 5.91 Å². The van der Waals surface area contributed by atoms with E-state index in [0.29, 0.717) is 13.1 Å². The third-order valence-electron chi connectivity index (χ3n) is 5.03. The lowest BCUT2D eigenvalue weighted by atomic mass is 10.1. The van der Waals surface area contributed by atoms with Crippen LogP contribution in [0.4, 0.5) is 11.5 Å². The third kappa shape index (κ3) is 3.32. The van der Waals surface area contributed by atoms with Crippen LogP contribution in [0, 0.1) is 6.92 Å². The molecule has 0 saturated heterocycles. The summed E-state index contributed by atoms with van der Waals surface area (Å²) in [6.07, 6.45) is 4.66. The topological polar surface area (TPSA) is 68.0 Å². The number of aryl methyl sites for hydroxylation is 1. The highest BCUT2D eigenvalue weighted by Gasteiger charge is 2.25. The SMILES string of the molecule is [CH2]Cn1cc(-c2ccc(Nc3nn(C)c4c3CN(C(C)=O)CC4)cc2)cn1. The Morgan fingerprint density at radius 3 is 2.70 bits per heavy atom. The summed E-state index contributed by atoms with van der Waals surface area (Å²) in [5.74, 6) is 0.915. The average Bonchev–Trinajstić information content (AvgIpc) is 3.27. The first-order valence-corrected chi connectivity index (χ1v) is 9.04. The highest BCUT2D eigenvalue weighted by Crippen LogP contribution is 2.29. The summed E-state index contributed by atoms with van der Waals surface area (Å²) in [7, 11) is 1.96. The zero-order valence-corrected chi connectivity index (χ0v) is 15.6. The molecule has 1 aliphatic rings. The second-order valence-electron chi connectivity index (χ2n) is 6.78. The molecule has 4 rings (SSSR count). The van der Waals surface area contributed by atoms with Crippen molar-refractivity contribution in [2.45, 2.75) is 26.4 Å². The second kappa shape index (κ2) is 6.90. The molecule has 0 fully saturated rings. The summed E-state index contributed by atoms with van der Waals surface area (Å²) < 4.78 is 3.72. The highest BCUT2D eigenvalue weighted by atomic mass is 16.2. The molecule has 0 aliphatic carbocycles. The standard InChI is InChI=1S/C20H23N6O/c1-4-26-12-16(11-21-26)15-5-7-17(8-6-15)22-20-18-13-25(14(2)27)10-9-19(18)24(3)23-20/h5-8,11-12H,1,4,9-10,13H2,2-3H3,(H,22,23). The van der Waals surface area contributed by atoms with Crippen molar-refractivity contribution in [3.8, 4) is 11.1 Å². The Morgan fingerprint density at radius 2 is 2.04 bits per heavy atom. The van der Waals surface area contributed by atoms with Gasteiger partial charge in [0, 0.05) is 62.2 Å². The maximum atomic E-state index is 11.7. The minimum absolute atomic E-state index is 0.0997. The second-order valence-corrected chi connectivity index (χ2v) is 6.78. The number of aromatic nitrogens is 4. The van der Waals surface area contributed by atoms with Crippen LogP contribution < -0.4 is 5.32 Å². The zero-order valence-electron chi connectivity index (χ0n) is 15.6. The van der Waals surface area contributed by atoms with Crippen LogP contribution in [0.1, 0.15) is 18.2 Å². The fraction of sp³-hybridized carbons (Fsp3) is 0.300. The number of carbonyl (C=O) groups excluding carboxylic acids is 1. The van der Waals surface area contributed by atoms with Crippen molar-refractivity contribution in [3.63, 3.8) is 0 Å². The van der Waals surface area contributed by atoms with E-state index in [2.05, 4.69) is 34.6 Å². The minimum atomic E-state index is 0.0997. The summed E-state index contributed by atoms with van der Waals surface area (Å²) in [5.41, 5.74) is 5.42. The number of nitrogens with zero attached hydrogens (tertiary/aromatic N) is 5. The molecule has 0 saturated carbocycles. The highest BCUT2D eigenvalue weighted by molar-refractivity contribution is 5.74. The van der Waals surface area contributed by atoms with Crippen LogP contribution in [0.25, 0.3) is 11.1 Å². The molecular weight excluding hydrogens is 340 g/mol. The maximum absolute atomic E-state index is 11.7. The molecule has 1 aromatic carbocycles. The van der Waals surface area contributed by atoms with Gasteiger partial charge in [-0.15, -0.1) is 0 Å². The van der Waals surface area contributed by atoms with E-state index in [1.165, 1.54) is 5.69 Å². The number of nitrogens with one attached hydrogen (secondary N) is 1. The number of fused-ring (bicyclic) bond motifs is 1. The van der Waals surface area contributed by atoms with E-state index in [1.807, 2.05) is 45.8 Å². The van der Waals surface area contributed by atoms with Crippen molar-refractivity contribution in [2.24, 2.45) is 7.05 Å². The Bertz CT molecular complexity index is 969. The number of hydrogen-bond acceptors (Lipinski definition) is 4. The molecular formula is C20H23N6O. The van der Waals surface area contributed by atoms with Gasteiger partial charge in [0.2, 0.25) is 5.91 Å². The van der Waals surface area contributed by atoms with Gasteiger partial charge in [0.15, 0.2) is 5.82 Å². The van der Waals surface area contributed by atoms with Gasteiger partial charge in [0.25, 0.3) is 0 Å². The Hall–Kier alpha value is -3.09. The van der Waals surface area contributed by atoms with Crippen molar-refractivity contribution in [1.82, 2.24) is 24.5 Å². The minimum Gasteiger partial charge on any atom is -0.338 e. The zero-order chi connectivity index (χ0) is 19.0. The van der Waals surface area contributed by atoms with Crippen molar-refractivity contribution < 1.29 is 4.79 Å². The van der Waals surface area contributed by atoms with E-state index < -0.39 is 0 Å². The van der Waals surface area contributed by atoms with Gasteiger partial charge in [0.05, 0.1) is 12.7 Å². The number of carbonyl (C=O) groups is 1. The van der Waals surface area contributed by atoms with Gasteiger partial charge in [-0.2, -0.15) is 10.2 Å². The first-order chi connectivity index (χ1) is 13.0. The van der Waals surface area contributed by atoms with Crippen LogP contribution in [0.3, 0.4) is 0 Å². The summed E-state index contributed by atoms with van der Waals surface area (Å²) in [6.45, 7) is 7.41.